The molecular weight excluding hydrogens is 509 g/mol. The Morgan fingerprint density at radius 3 is 1.24 bits per heavy atom. The topological polar surface area (TPSA) is 6.48 Å². The Kier molecular flexibility index (Phi) is 5.74. The Labute approximate surface area is 227 Å². The summed E-state index contributed by atoms with van der Waals surface area (Å²) in [5.41, 5.74) is 4.68. The number of thiophene rings is 3. The summed E-state index contributed by atoms with van der Waals surface area (Å²) in [6, 6.07) is 47.3. The molecule has 0 bridgehead atoms. The van der Waals surface area contributed by atoms with E-state index in [1.54, 1.807) is 0 Å². The molecule has 0 atom stereocenters. The minimum absolute atomic E-state index is 1.17. The summed E-state index contributed by atoms with van der Waals surface area (Å²) in [4.78, 5) is 4.72. The van der Waals surface area contributed by atoms with Crippen LogP contribution in [0.4, 0.5) is 32.8 Å². The first-order valence-electron chi connectivity index (χ1n) is 12.1. The van der Waals surface area contributed by atoms with Crippen LogP contribution in [-0.2, 0) is 0 Å². The van der Waals surface area contributed by atoms with Crippen molar-refractivity contribution >= 4 is 85.6 Å². The number of para-hydroxylation sites is 4. The number of nitrogens with zero attached hydrogens (tertiary/aromatic N) is 2. The zero-order valence-electron chi connectivity index (χ0n) is 19.8. The molecule has 0 unspecified atom stereocenters. The standard InChI is InChI=1S/C32H22N2S3/c1-5-13-23(14-6-1)33(24-15-7-2-8-16-24)29-21-27-31-28(35-32(27)37-29)22-30(36-31)34(25-17-9-3-10-18-25)26-19-11-4-12-20-26/h1-22H. The Bertz CT molecular complexity index is 1560. The van der Waals surface area contributed by atoms with E-state index in [0.717, 1.165) is 0 Å². The highest BCUT2D eigenvalue weighted by atomic mass is 32.2. The van der Waals surface area contributed by atoms with Gasteiger partial charge in [0.25, 0.3) is 0 Å². The van der Waals surface area contributed by atoms with Gasteiger partial charge in [-0.25, -0.2) is 0 Å². The van der Waals surface area contributed by atoms with Gasteiger partial charge in [-0.1, -0.05) is 72.8 Å². The lowest BCUT2D eigenvalue weighted by Crippen LogP contribution is -2.07. The van der Waals surface area contributed by atoms with Crippen molar-refractivity contribution in [1.29, 1.82) is 0 Å². The summed E-state index contributed by atoms with van der Waals surface area (Å²) in [7, 11) is 0. The molecule has 0 fully saturated rings. The van der Waals surface area contributed by atoms with Gasteiger partial charge >= 0.3 is 0 Å². The van der Waals surface area contributed by atoms with E-state index in [4.69, 9.17) is 0 Å². The maximum Gasteiger partial charge on any atom is 0.102 e. The molecule has 0 aliphatic heterocycles. The minimum atomic E-state index is 1.17. The molecule has 7 rings (SSSR count). The molecule has 0 aliphatic rings. The molecular formula is C32H22N2S3. The fourth-order valence-corrected chi connectivity index (χ4v) is 8.71. The first-order chi connectivity index (χ1) is 18.3. The number of benzene rings is 4. The van der Waals surface area contributed by atoms with Crippen molar-refractivity contribution in [2.75, 3.05) is 9.80 Å². The largest absolute Gasteiger partial charge is 0.302 e. The van der Waals surface area contributed by atoms with Crippen LogP contribution in [0, 0.1) is 0 Å². The number of anilines is 6. The molecule has 0 saturated carbocycles. The first kappa shape index (κ1) is 22.3. The molecule has 0 radical (unpaired) electrons. The van der Waals surface area contributed by atoms with Gasteiger partial charge in [0.1, 0.15) is 10.0 Å². The lowest BCUT2D eigenvalue weighted by Gasteiger charge is -2.23. The Morgan fingerprint density at radius 2 is 0.811 bits per heavy atom. The van der Waals surface area contributed by atoms with E-state index in [2.05, 4.69) is 143 Å². The van der Waals surface area contributed by atoms with E-state index in [1.165, 1.54) is 51.6 Å². The van der Waals surface area contributed by atoms with Gasteiger partial charge in [-0.2, -0.15) is 0 Å². The van der Waals surface area contributed by atoms with Gasteiger partial charge in [0, 0.05) is 32.8 Å². The van der Waals surface area contributed by atoms with Crippen molar-refractivity contribution in [1.82, 2.24) is 0 Å². The van der Waals surface area contributed by atoms with E-state index in [-0.39, 0.29) is 0 Å². The fourth-order valence-electron chi connectivity index (χ4n) is 4.66. The smallest absolute Gasteiger partial charge is 0.102 e. The van der Waals surface area contributed by atoms with Gasteiger partial charge in [-0.3, -0.25) is 0 Å². The number of hydrogen-bond donors (Lipinski definition) is 0. The summed E-state index contributed by atoms with van der Waals surface area (Å²) in [6.45, 7) is 0. The van der Waals surface area contributed by atoms with Gasteiger partial charge in [0.15, 0.2) is 0 Å². The monoisotopic (exact) mass is 530 g/mol. The maximum absolute atomic E-state index is 2.37. The zero-order chi connectivity index (χ0) is 24.6. The van der Waals surface area contributed by atoms with E-state index in [9.17, 15) is 0 Å². The molecule has 0 N–H and O–H groups in total. The van der Waals surface area contributed by atoms with Crippen LogP contribution in [0.1, 0.15) is 0 Å². The summed E-state index contributed by atoms with van der Waals surface area (Å²) in [6.07, 6.45) is 0. The third-order valence-electron chi connectivity index (χ3n) is 6.32. The fraction of sp³-hybridized carbons (Fsp3) is 0. The maximum atomic E-state index is 2.37. The SMILES string of the molecule is c1ccc(N(c2ccccc2)c2cc3c(s2)sc2cc(N(c4ccccc4)c4ccccc4)sc23)cc1. The first-order valence-corrected chi connectivity index (χ1v) is 14.6. The second-order valence-corrected chi connectivity index (χ2v) is 12.1. The van der Waals surface area contributed by atoms with E-state index < -0.39 is 0 Å². The average Bonchev–Trinajstić information content (AvgIpc) is 3.63. The molecule has 0 aliphatic carbocycles. The molecule has 0 spiro atoms. The molecule has 4 aromatic carbocycles. The minimum Gasteiger partial charge on any atom is -0.302 e. The van der Waals surface area contributed by atoms with Crippen LogP contribution >= 0.6 is 34.0 Å². The molecule has 37 heavy (non-hydrogen) atoms. The zero-order valence-corrected chi connectivity index (χ0v) is 22.3. The lowest BCUT2D eigenvalue weighted by molar-refractivity contribution is 1.32. The van der Waals surface area contributed by atoms with Crippen molar-refractivity contribution < 1.29 is 0 Å². The average molecular weight is 531 g/mol. The second-order valence-electron chi connectivity index (χ2n) is 8.68. The molecule has 3 heterocycles. The summed E-state index contributed by atoms with van der Waals surface area (Å²) in [5, 5.41) is 3.81. The van der Waals surface area contributed by atoms with E-state index in [1.807, 2.05) is 34.0 Å². The highest BCUT2D eigenvalue weighted by molar-refractivity contribution is 7.45. The van der Waals surface area contributed by atoms with Gasteiger partial charge in [-0.15, -0.1) is 34.0 Å². The molecule has 5 heteroatoms. The quantitative estimate of drug-likeness (QED) is 0.211. The second kappa shape index (κ2) is 9.52. The normalized spacial score (nSPS) is 11.2. The number of rotatable bonds is 6. The Hall–Kier alpha value is -3.90. The Balaban J connectivity index is 1.36. The van der Waals surface area contributed by atoms with Crippen molar-refractivity contribution in [2.24, 2.45) is 0 Å². The predicted octanol–water partition coefficient (Wildman–Crippen LogP) is 11.1. The molecule has 2 nitrogen and oxygen atoms in total. The van der Waals surface area contributed by atoms with Crippen LogP contribution in [0.3, 0.4) is 0 Å². The van der Waals surface area contributed by atoms with Crippen LogP contribution in [0.25, 0.3) is 18.8 Å². The molecule has 3 aromatic heterocycles. The lowest BCUT2D eigenvalue weighted by atomic mass is 10.2. The Morgan fingerprint density at radius 1 is 0.405 bits per heavy atom. The van der Waals surface area contributed by atoms with E-state index in [0.29, 0.717) is 0 Å². The van der Waals surface area contributed by atoms with Crippen molar-refractivity contribution in [3.8, 4) is 0 Å². The third kappa shape index (κ3) is 4.11. The van der Waals surface area contributed by atoms with Crippen LogP contribution in [-0.4, -0.2) is 0 Å². The van der Waals surface area contributed by atoms with Gasteiger partial charge in [-0.05, 0) is 60.7 Å². The van der Waals surface area contributed by atoms with Gasteiger partial charge in [0.05, 0.1) is 8.71 Å². The molecule has 7 aromatic rings. The third-order valence-corrected chi connectivity index (χ3v) is 9.96. The number of fused-ring (bicyclic) bond motifs is 3. The van der Waals surface area contributed by atoms with Crippen molar-refractivity contribution in [2.45, 2.75) is 0 Å². The van der Waals surface area contributed by atoms with Gasteiger partial charge in [0.2, 0.25) is 0 Å². The summed E-state index contributed by atoms with van der Waals surface area (Å²) in [5.74, 6) is 0. The van der Waals surface area contributed by atoms with Crippen molar-refractivity contribution in [3.63, 3.8) is 0 Å². The van der Waals surface area contributed by atoms with Crippen LogP contribution < -0.4 is 9.80 Å². The van der Waals surface area contributed by atoms with Crippen molar-refractivity contribution in [3.05, 3.63) is 133 Å². The van der Waals surface area contributed by atoms with Gasteiger partial charge < -0.3 is 9.80 Å². The summed E-state index contributed by atoms with van der Waals surface area (Å²) < 4.78 is 4.07. The molecule has 178 valence electrons. The highest BCUT2D eigenvalue weighted by Crippen LogP contribution is 2.51. The van der Waals surface area contributed by atoms with E-state index >= 15 is 0 Å². The number of hydrogen-bond acceptors (Lipinski definition) is 5. The molecule has 0 amide bonds. The molecule has 0 saturated heterocycles. The van der Waals surface area contributed by atoms with Crippen LogP contribution in [0.2, 0.25) is 0 Å². The predicted molar refractivity (Wildman–Crippen MR) is 164 cm³/mol. The summed E-state index contributed by atoms with van der Waals surface area (Å²) >= 11 is 5.64. The van der Waals surface area contributed by atoms with Crippen LogP contribution in [0.15, 0.2) is 133 Å². The highest BCUT2D eigenvalue weighted by Gasteiger charge is 2.21. The van der Waals surface area contributed by atoms with Crippen LogP contribution in [0.5, 0.6) is 0 Å².